The standard InChI is InChI=1S/C11H20N2O/c1-5-10(14)7-13-9(4)11(6-2)8(3)12-13/h10,14H,5-7H2,1-4H3. The number of hydrogen-bond acceptors (Lipinski definition) is 2. The SMILES string of the molecule is CCc1c(C)nn(CC(O)CC)c1C. The van der Waals surface area contributed by atoms with Crippen molar-refractivity contribution in [2.24, 2.45) is 0 Å². The first kappa shape index (κ1) is 11.2. The molecule has 1 rings (SSSR count). The molecule has 0 aliphatic rings. The van der Waals surface area contributed by atoms with Crippen LogP contribution in [0.25, 0.3) is 0 Å². The van der Waals surface area contributed by atoms with Gasteiger partial charge in [-0.2, -0.15) is 5.10 Å². The summed E-state index contributed by atoms with van der Waals surface area (Å²) in [7, 11) is 0. The van der Waals surface area contributed by atoms with Crippen LogP contribution in [0.3, 0.4) is 0 Å². The van der Waals surface area contributed by atoms with Gasteiger partial charge >= 0.3 is 0 Å². The average Bonchev–Trinajstić information content (AvgIpc) is 2.42. The van der Waals surface area contributed by atoms with Crippen molar-refractivity contribution in [2.45, 2.75) is 53.2 Å². The number of nitrogens with zero attached hydrogens (tertiary/aromatic N) is 2. The lowest BCUT2D eigenvalue weighted by atomic mass is 10.1. The molecule has 80 valence electrons. The second-order valence-corrected chi connectivity index (χ2v) is 3.75. The van der Waals surface area contributed by atoms with Gasteiger partial charge in [0, 0.05) is 5.69 Å². The molecule has 0 radical (unpaired) electrons. The molecule has 0 aliphatic carbocycles. The van der Waals surface area contributed by atoms with E-state index in [0.717, 1.165) is 18.5 Å². The largest absolute Gasteiger partial charge is 0.391 e. The Labute approximate surface area is 85.8 Å². The predicted octanol–water partition coefficient (Wildman–Crippen LogP) is 1.83. The fraction of sp³-hybridized carbons (Fsp3) is 0.727. The van der Waals surface area contributed by atoms with Gasteiger partial charge in [-0.25, -0.2) is 0 Å². The molecule has 1 atom stereocenters. The minimum atomic E-state index is -0.280. The van der Waals surface area contributed by atoms with Gasteiger partial charge in [-0.3, -0.25) is 4.68 Å². The van der Waals surface area contributed by atoms with Crippen LogP contribution in [-0.2, 0) is 13.0 Å². The van der Waals surface area contributed by atoms with E-state index < -0.39 is 0 Å². The molecule has 0 fully saturated rings. The Morgan fingerprint density at radius 3 is 2.43 bits per heavy atom. The van der Waals surface area contributed by atoms with Crippen molar-refractivity contribution in [2.75, 3.05) is 0 Å². The van der Waals surface area contributed by atoms with E-state index in [2.05, 4.69) is 18.9 Å². The summed E-state index contributed by atoms with van der Waals surface area (Å²) >= 11 is 0. The zero-order valence-corrected chi connectivity index (χ0v) is 9.54. The number of rotatable bonds is 4. The minimum Gasteiger partial charge on any atom is -0.391 e. The van der Waals surface area contributed by atoms with Crippen molar-refractivity contribution in [3.05, 3.63) is 17.0 Å². The van der Waals surface area contributed by atoms with Gasteiger partial charge in [0.2, 0.25) is 0 Å². The van der Waals surface area contributed by atoms with Crippen molar-refractivity contribution in [3.8, 4) is 0 Å². The van der Waals surface area contributed by atoms with Crippen LogP contribution < -0.4 is 0 Å². The van der Waals surface area contributed by atoms with E-state index in [1.54, 1.807) is 0 Å². The Hall–Kier alpha value is -0.830. The molecule has 3 nitrogen and oxygen atoms in total. The highest BCUT2D eigenvalue weighted by atomic mass is 16.3. The van der Waals surface area contributed by atoms with E-state index in [-0.39, 0.29) is 6.10 Å². The van der Waals surface area contributed by atoms with Gasteiger partial charge in [0.25, 0.3) is 0 Å². The third kappa shape index (κ3) is 2.15. The molecule has 1 heterocycles. The summed E-state index contributed by atoms with van der Waals surface area (Å²) in [5.74, 6) is 0. The van der Waals surface area contributed by atoms with Crippen LogP contribution in [0.15, 0.2) is 0 Å². The average molecular weight is 196 g/mol. The molecular formula is C11H20N2O. The van der Waals surface area contributed by atoms with E-state index in [1.807, 2.05) is 18.5 Å². The number of aliphatic hydroxyl groups excluding tert-OH is 1. The smallest absolute Gasteiger partial charge is 0.0733 e. The molecule has 0 aliphatic heterocycles. The van der Waals surface area contributed by atoms with Crippen LogP contribution in [0.1, 0.15) is 37.2 Å². The monoisotopic (exact) mass is 196 g/mol. The van der Waals surface area contributed by atoms with E-state index >= 15 is 0 Å². The summed E-state index contributed by atoms with van der Waals surface area (Å²) in [5, 5.41) is 14.0. The molecule has 0 amide bonds. The third-order valence-corrected chi connectivity index (χ3v) is 2.74. The van der Waals surface area contributed by atoms with Gasteiger partial charge in [-0.05, 0) is 32.3 Å². The summed E-state index contributed by atoms with van der Waals surface area (Å²) in [4.78, 5) is 0. The normalized spacial score (nSPS) is 13.2. The van der Waals surface area contributed by atoms with Gasteiger partial charge < -0.3 is 5.11 Å². The first-order valence-corrected chi connectivity index (χ1v) is 5.31. The Bertz CT molecular complexity index is 304. The first-order valence-electron chi connectivity index (χ1n) is 5.31. The Morgan fingerprint density at radius 2 is 2.00 bits per heavy atom. The topological polar surface area (TPSA) is 38.0 Å². The second-order valence-electron chi connectivity index (χ2n) is 3.75. The molecule has 3 heteroatoms. The minimum absolute atomic E-state index is 0.280. The summed E-state index contributed by atoms with van der Waals surface area (Å²) in [6.45, 7) is 8.83. The van der Waals surface area contributed by atoms with Gasteiger partial charge in [-0.15, -0.1) is 0 Å². The third-order valence-electron chi connectivity index (χ3n) is 2.74. The number of hydrogen-bond donors (Lipinski definition) is 1. The van der Waals surface area contributed by atoms with E-state index in [4.69, 9.17) is 0 Å². The summed E-state index contributed by atoms with van der Waals surface area (Å²) < 4.78 is 1.92. The predicted molar refractivity (Wildman–Crippen MR) is 57.4 cm³/mol. The Kier molecular flexibility index (Phi) is 3.69. The zero-order chi connectivity index (χ0) is 10.7. The molecule has 0 aromatic carbocycles. The van der Waals surface area contributed by atoms with Gasteiger partial charge in [-0.1, -0.05) is 13.8 Å². The Morgan fingerprint density at radius 1 is 1.36 bits per heavy atom. The zero-order valence-electron chi connectivity index (χ0n) is 9.54. The summed E-state index contributed by atoms with van der Waals surface area (Å²) in [6, 6.07) is 0. The molecule has 0 spiro atoms. The van der Waals surface area contributed by atoms with Crippen LogP contribution in [-0.4, -0.2) is 21.0 Å². The van der Waals surface area contributed by atoms with Gasteiger partial charge in [0.05, 0.1) is 18.3 Å². The van der Waals surface area contributed by atoms with Crippen LogP contribution >= 0.6 is 0 Å². The molecule has 1 unspecified atom stereocenters. The molecular weight excluding hydrogens is 176 g/mol. The van der Waals surface area contributed by atoms with Gasteiger partial charge in [0.15, 0.2) is 0 Å². The highest BCUT2D eigenvalue weighted by Crippen LogP contribution is 2.14. The van der Waals surface area contributed by atoms with Crippen LogP contribution in [0, 0.1) is 13.8 Å². The van der Waals surface area contributed by atoms with Crippen LogP contribution in [0.2, 0.25) is 0 Å². The van der Waals surface area contributed by atoms with E-state index in [0.29, 0.717) is 6.54 Å². The van der Waals surface area contributed by atoms with Crippen LogP contribution in [0.5, 0.6) is 0 Å². The lowest BCUT2D eigenvalue weighted by Gasteiger charge is -2.09. The molecule has 0 bridgehead atoms. The number of aromatic nitrogens is 2. The van der Waals surface area contributed by atoms with Crippen LogP contribution in [0.4, 0.5) is 0 Å². The van der Waals surface area contributed by atoms with Crippen molar-refractivity contribution in [1.29, 1.82) is 0 Å². The molecule has 0 saturated carbocycles. The maximum Gasteiger partial charge on any atom is 0.0733 e. The Balaban J connectivity index is 2.88. The van der Waals surface area contributed by atoms with Crippen molar-refractivity contribution < 1.29 is 5.11 Å². The molecule has 1 aromatic heterocycles. The van der Waals surface area contributed by atoms with Gasteiger partial charge in [0.1, 0.15) is 0 Å². The number of aliphatic hydroxyl groups is 1. The van der Waals surface area contributed by atoms with E-state index in [9.17, 15) is 5.11 Å². The summed E-state index contributed by atoms with van der Waals surface area (Å²) in [5.41, 5.74) is 3.60. The highest BCUT2D eigenvalue weighted by Gasteiger charge is 2.11. The first-order chi connectivity index (χ1) is 6.60. The highest BCUT2D eigenvalue weighted by molar-refractivity contribution is 5.24. The molecule has 1 N–H and O–H groups in total. The molecule has 1 aromatic rings. The van der Waals surface area contributed by atoms with E-state index in [1.165, 1.54) is 11.3 Å². The maximum atomic E-state index is 9.55. The lowest BCUT2D eigenvalue weighted by Crippen LogP contribution is -2.16. The quantitative estimate of drug-likeness (QED) is 0.798. The maximum absolute atomic E-state index is 9.55. The van der Waals surface area contributed by atoms with Crippen molar-refractivity contribution >= 4 is 0 Å². The second kappa shape index (κ2) is 4.60. The fourth-order valence-corrected chi connectivity index (χ4v) is 1.75. The number of aryl methyl sites for hydroxylation is 1. The molecule has 14 heavy (non-hydrogen) atoms. The fourth-order valence-electron chi connectivity index (χ4n) is 1.75. The van der Waals surface area contributed by atoms with Crippen molar-refractivity contribution in [1.82, 2.24) is 9.78 Å². The summed E-state index contributed by atoms with van der Waals surface area (Å²) in [6.07, 6.45) is 1.51. The van der Waals surface area contributed by atoms with Crippen molar-refractivity contribution in [3.63, 3.8) is 0 Å². The molecule has 0 saturated heterocycles. The lowest BCUT2D eigenvalue weighted by molar-refractivity contribution is 0.144.